The minimum Gasteiger partial charge on any atom is -0.353 e. The number of carbonyl (C=O) groups is 1. The maximum Gasteiger partial charge on any atom is 0.224 e. The van der Waals surface area contributed by atoms with E-state index in [1.807, 2.05) is 12.4 Å². The summed E-state index contributed by atoms with van der Waals surface area (Å²) in [6, 6.07) is 5.53. The largest absolute Gasteiger partial charge is 0.353 e. The molecule has 1 saturated carbocycles. The minimum atomic E-state index is 0.161. The van der Waals surface area contributed by atoms with Gasteiger partial charge in [0.25, 0.3) is 0 Å². The highest BCUT2D eigenvalue weighted by Crippen LogP contribution is 2.25. The van der Waals surface area contributed by atoms with Crippen molar-refractivity contribution in [3.05, 3.63) is 30.1 Å². The number of hydrogen-bond acceptors (Lipinski definition) is 5. The third kappa shape index (κ3) is 5.77. The van der Waals surface area contributed by atoms with Crippen LogP contribution in [-0.4, -0.2) is 65.0 Å². The van der Waals surface area contributed by atoms with E-state index in [-0.39, 0.29) is 11.8 Å². The van der Waals surface area contributed by atoms with Crippen LogP contribution in [0.1, 0.15) is 56.9 Å². The number of amides is 1. The number of carbonyl (C=O) groups excluding carboxylic acids is 1. The van der Waals surface area contributed by atoms with Gasteiger partial charge in [-0.25, -0.2) is 0 Å². The Labute approximate surface area is 175 Å². The molecule has 6 heteroatoms. The monoisotopic (exact) mass is 399 g/mol. The van der Waals surface area contributed by atoms with Crippen molar-refractivity contribution in [2.75, 3.05) is 26.2 Å². The molecule has 3 N–H and O–H groups in total. The number of rotatable bonds is 5. The molecule has 6 nitrogen and oxygen atoms in total. The maximum absolute atomic E-state index is 12.8. The summed E-state index contributed by atoms with van der Waals surface area (Å²) in [5.41, 5.74) is 7.34. The van der Waals surface area contributed by atoms with E-state index >= 15 is 0 Å². The number of pyridine rings is 1. The Morgan fingerprint density at radius 3 is 2.48 bits per heavy atom. The van der Waals surface area contributed by atoms with E-state index in [0.29, 0.717) is 18.1 Å². The van der Waals surface area contributed by atoms with Crippen molar-refractivity contribution in [2.24, 2.45) is 11.7 Å². The van der Waals surface area contributed by atoms with E-state index in [2.05, 4.69) is 32.2 Å². The summed E-state index contributed by atoms with van der Waals surface area (Å²) >= 11 is 0. The topological polar surface area (TPSA) is 74.5 Å². The number of nitrogens with two attached hydrogens (primary N) is 1. The van der Waals surface area contributed by atoms with Crippen molar-refractivity contribution in [1.82, 2.24) is 20.1 Å². The van der Waals surface area contributed by atoms with Crippen LogP contribution in [0.2, 0.25) is 0 Å². The summed E-state index contributed by atoms with van der Waals surface area (Å²) in [7, 11) is 0. The van der Waals surface area contributed by atoms with E-state index < -0.39 is 0 Å². The van der Waals surface area contributed by atoms with Crippen molar-refractivity contribution in [1.29, 1.82) is 0 Å². The Morgan fingerprint density at radius 1 is 1.03 bits per heavy atom. The van der Waals surface area contributed by atoms with Gasteiger partial charge in [-0.15, -0.1) is 0 Å². The zero-order valence-electron chi connectivity index (χ0n) is 17.6. The molecular weight excluding hydrogens is 362 g/mol. The molecule has 0 unspecified atom stereocenters. The van der Waals surface area contributed by atoms with Gasteiger partial charge in [-0.3, -0.25) is 19.6 Å². The average molecular weight is 400 g/mol. The molecule has 3 aliphatic rings. The van der Waals surface area contributed by atoms with Crippen LogP contribution in [0, 0.1) is 5.92 Å². The second-order valence-electron chi connectivity index (χ2n) is 9.32. The number of aromatic nitrogens is 1. The lowest BCUT2D eigenvalue weighted by atomic mass is 9.90. The molecule has 0 radical (unpaired) electrons. The molecule has 29 heavy (non-hydrogen) atoms. The van der Waals surface area contributed by atoms with E-state index in [1.165, 1.54) is 18.4 Å². The highest BCUT2D eigenvalue weighted by molar-refractivity contribution is 5.79. The fraction of sp³-hybridized carbons (Fsp3) is 0.739. The third-order valence-corrected chi connectivity index (χ3v) is 7.17. The molecule has 2 aliphatic heterocycles. The molecular formula is C23H37N5O. The van der Waals surface area contributed by atoms with Crippen LogP contribution < -0.4 is 11.1 Å². The lowest BCUT2D eigenvalue weighted by Gasteiger charge is -2.42. The average Bonchev–Trinajstić information content (AvgIpc) is 2.77. The Balaban J connectivity index is 1.22. The van der Waals surface area contributed by atoms with Crippen LogP contribution in [0.5, 0.6) is 0 Å². The molecule has 0 aromatic carbocycles. The molecule has 1 aliphatic carbocycles. The van der Waals surface area contributed by atoms with Crippen molar-refractivity contribution >= 4 is 5.91 Å². The van der Waals surface area contributed by atoms with Crippen LogP contribution in [0.4, 0.5) is 0 Å². The first-order chi connectivity index (χ1) is 14.2. The molecule has 1 aromatic rings. The molecule has 2 saturated heterocycles. The Morgan fingerprint density at radius 2 is 1.76 bits per heavy atom. The highest BCUT2D eigenvalue weighted by Gasteiger charge is 2.32. The summed E-state index contributed by atoms with van der Waals surface area (Å²) in [5, 5.41) is 3.33. The number of hydrogen-bond donors (Lipinski definition) is 2. The van der Waals surface area contributed by atoms with Crippen LogP contribution in [0.3, 0.4) is 0 Å². The van der Waals surface area contributed by atoms with Crippen molar-refractivity contribution in [3.8, 4) is 0 Å². The fourth-order valence-electron chi connectivity index (χ4n) is 5.32. The Kier molecular flexibility index (Phi) is 7.16. The molecule has 0 spiro atoms. The predicted octanol–water partition coefficient (Wildman–Crippen LogP) is 2.14. The van der Waals surface area contributed by atoms with Gasteiger partial charge in [0, 0.05) is 43.6 Å². The summed E-state index contributed by atoms with van der Waals surface area (Å²) in [4.78, 5) is 22.1. The quantitative estimate of drug-likeness (QED) is 0.794. The summed E-state index contributed by atoms with van der Waals surface area (Å²) in [6.07, 6.45) is 12.5. The Bertz CT molecular complexity index is 638. The first-order valence-corrected chi connectivity index (χ1v) is 11.6. The smallest absolute Gasteiger partial charge is 0.224 e. The van der Waals surface area contributed by atoms with Crippen LogP contribution in [-0.2, 0) is 11.3 Å². The zero-order chi connectivity index (χ0) is 20.1. The molecule has 1 aromatic heterocycles. The van der Waals surface area contributed by atoms with Gasteiger partial charge in [-0.1, -0.05) is 0 Å². The molecule has 3 fully saturated rings. The van der Waals surface area contributed by atoms with Gasteiger partial charge in [-0.2, -0.15) is 0 Å². The van der Waals surface area contributed by atoms with Crippen molar-refractivity contribution in [2.45, 2.75) is 76.0 Å². The summed E-state index contributed by atoms with van der Waals surface area (Å²) < 4.78 is 0. The van der Waals surface area contributed by atoms with E-state index in [0.717, 1.165) is 71.2 Å². The highest BCUT2D eigenvalue weighted by atomic mass is 16.2. The van der Waals surface area contributed by atoms with Crippen LogP contribution >= 0.6 is 0 Å². The van der Waals surface area contributed by atoms with Crippen molar-refractivity contribution in [3.63, 3.8) is 0 Å². The standard InChI is InChI=1S/C23H37N5O/c24-20-3-5-21(6-4-20)26-23(29)19-2-1-13-28(17-19)22-9-14-27(15-10-22)16-18-7-11-25-12-8-18/h7-8,11-12,19-22H,1-6,9-10,13-17,24H2,(H,26,29)/t19-,20?,21?/m0/s1. The minimum absolute atomic E-state index is 0.161. The predicted molar refractivity (Wildman–Crippen MR) is 115 cm³/mol. The zero-order valence-corrected chi connectivity index (χ0v) is 17.6. The Hall–Kier alpha value is -1.50. The normalized spacial score (nSPS) is 30.2. The molecule has 160 valence electrons. The lowest BCUT2D eigenvalue weighted by Crippen LogP contribution is -2.52. The molecule has 1 amide bonds. The van der Waals surface area contributed by atoms with Gasteiger partial charge in [0.15, 0.2) is 0 Å². The number of likely N-dealkylation sites (tertiary alicyclic amines) is 2. The summed E-state index contributed by atoms with van der Waals surface area (Å²) in [6.45, 7) is 5.39. The van der Waals surface area contributed by atoms with Gasteiger partial charge < -0.3 is 11.1 Å². The SMILES string of the molecule is NC1CCC(NC(=O)[C@H]2CCCN(C3CCN(Cc4ccncc4)CC3)C2)CC1. The van der Waals surface area contributed by atoms with Crippen LogP contribution in [0.25, 0.3) is 0 Å². The van der Waals surface area contributed by atoms with Crippen molar-refractivity contribution < 1.29 is 4.79 Å². The molecule has 3 heterocycles. The fourth-order valence-corrected chi connectivity index (χ4v) is 5.32. The van der Waals surface area contributed by atoms with Gasteiger partial charge in [0.2, 0.25) is 5.91 Å². The van der Waals surface area contributed by atoms with Crippen LogP contribution in [0.15, 0.2) is 24.5 Å². The van der Waals surface area contributed by atoms with E-state index in [4.69, 9.17) is 5.73 Å². The maximum atomic E-state index is 12.8. The number of piperidine rings is 2. The van der Waals surface area contributed by atoms with Gasteiger partial charge in [0.1, 0.15) is 0 Å². The first kappa shape index (κ1) is 20.8. The second kappa shape index (κ2) is 10.0. The molecule has 0 bridgehead atoms. The number of nitrogens with zero attached hydrogens (tertiary/aromatic N) is 3. The lowest BCUT2D eigenvalue weighted by molar-refractivity contribution is -0.128. The van der Waals surface area contributed by atoms with E-state index in [1.54, 1.807) is 0 Å². The van der Waals surface area contributed by atoms with Gasteiger partial charge in [0.05, 0.1) is 5.92 Å². The molecule has 1 atom stereocenters. The van der Waals surface area contributed by atoms with Gasteiger partial charge in [-0.05, 0) is 88.7 Å². The van der Waals surface area contributed by atoms with E-state index in [9.17, 15) is 4.79 Å². The summed E-state index contributed by atoms with van der Waals surface area (Å²) in [5.74, 6) is 0.444. The first-order valence-electron chi connectivity index (χ1n) is 11.6. The number of nitrogens with one attached hydrogen (secondary N) is 1. The molecule has 4 rings (SSSR count). The van der Waals surface area contributed by atoms with Gasteiger partial charge >= 0.3 is 0 Å². The third-order valence-electron chi connectivity index (χ3n) is 7.17. The second-order valence-corrected chi connectivity index (χ2v) is 9.32.